The van der Waals surface area contributed by atoms with Crippen LogP contribution >= 0.6 is 23.4 Å². The molecule has 36 heavy (non-hydrogen) atoms. The summed E-state index contributed by atoms with van der Waals surface area (Å²) in [7, 11) is 0. The maximum Gasteiger partial charge on any atom is 0.239 e. The first-order valence-electron chi connectivity index (χ1n) is 11.0. The van der Waals surface area contributed by atoms with Gasteiger partial charge < -0.3 is 16.0 Å². The number of nitrogens with one attached hydrogen (secondary N) is 3. The van der Waals surface area contributed by atoms with Crippen LogP contribution in [0.2, 0.25) is 5.02 Å². The van der Waals surface area contributed by atoms with E-state index in [2.05, 4.69) is 16.0 Å². The molecule has 188 valence electrons. The van der Waals surface area contributed by atoms with Crippen molar-refractivity contribution in [3.05, 3.63) is 94.5 Å². The molecule has 10 heteroatoms. The van der Waals surface area contributed by atoms with E-state index in [1.165, 1.54) is 18.7 Å². The Labute approximate surface area is 216 Å². The van der Waals surface area contributed by atoms with Crippen LogP contribution in [-0.2, 0) is 27.5 Å². The molecule has 0 fully saturated rings. The van der Waals surface area contributed by atoms with Gasteiger partial charge in [0.15, 0.2) is 0 Å². The molecule has 0 saturated carbocycles. The van der Waals surface area contributed by atoms with Crippen LogP contribution in [-0.4, -0.2) is 24.3 Å². The van der Waals surface area contributed by atoms with E-state index in [1.54, 1.807) is 6.07 Å². The zero-order valence-electron chi connectivity index (χ0n) is 19.3. The summed E-state index contributed by atoms with van der Waals surface area (Å²) in [5, 5.41) is 8.19. The van der Waals surface area contributed by atoms with Crippen molar-refractivity contribution in [3.63, 3.8) is 0 Å². The second kappa shape index (κ2) is 13.0. The molecule has 0 radical (unpaired) electrons. The van der Waals surface area contributed by atoms with Crippen LogP contribution in [0.1, 0.15) is 18.1 Å². The molecule has 3 rings (SSSR count). The third kappa shape index (κ3) is 8.35. The Morgan fingerprint density at radius 1 is 0.861 bits per heavy atom. The van der Waals surface area contributed by atoms with Crippen molar-refractivity contribution in [2.75, 3.05) is 6.54 Å². The summed E-state index contributed by atoms with van der Waals surface area (Å²) in [6, 6.07) is 18.0. The highest BCUT2D eigenvalue weighted by atomic mass is 35.5. The first-order chi connectivity index (χ1) is 17.2. The maximum atomic E-state index is 13.3. The highest BCUT2D eigenvalue weighted by Crippen LogP contribution is 2.32. The summed E-state index contributed by atoms with van der Waals surface area (Å²) in [5.74, 6) is -4.36. The smallest absolute Gasteiger partial charge is 0.239 e. The molecular weight excluding hydrogens is 508 g/mol. The van der Waals surface area contributed by atoms with Crippen LogP contribution in [0.15, 0.2) is 76.5 Å². The van der Waals surface area contributed by atoms with Crippen molar-refractivity contribution in [3.8, 4) is 0 Å². The molecule has 0 bridgehead atoms. The van der Waals surface area contributed by atoms with Gasteiger partial charge in [0.25, 0.3) is 0 Å². The molecule has 0 aliphatic carbocycles. The minimum Gasteiger partial charge on any atom is -0.351 e. The van der Waals surface area contributed by atoms with Crippen LogP contribution in [0.3, 0.4) is 0 Å². The normalized spacial score (nSPS) is 11.4. The Balaban J connectivity index is 1.46. The lowest BCUT2D eigenvalue weighted by molar-refractivity contribution is -0.135. The molecule has 0 aliphatic heterocycles. The topological polar surface area (TPSA) is 87.3 Å². The third-order valence-corrected chi connectivity index (χ3v) is 6.42. The van der Waals surface area contributed by atoms with Crippen molar-refractivity contribution in [1.82, 2.24) is 16.0 Å². The van der Waals surface area contributed by atoms with Gasteiger partial charge in [-0.2, -0.15) is 0 Å². The van der Waals surface area contributed by atoms with Gasteiger partial charge in [-0.1, -0.05) is 47.6 Å². The van der Waals surface area contributed by atoms with Gasteiger partial charge in [-0.3, -0.25) is 14.4 Å². The molecule has 1 atom stereocenters. The van der Waals surface area contributed by atoms with Crippen LogP contribution < -0.4 is 16.0 Å². The molecule has 0 aliphatic rings. The Hall–Kier alpha value is -3.43. The second-order valence-electron chi connectivity index (χ2n) is 7.88. The number of amides is 3. The molecule has 0 aromatic heterocycles. The fourth-order valence-electron chi connectivity index (χ4n) is 3.14. The van der Waals surface area contributed by atoms with Gasteiger partial charge in [0.05, 0.1) is 6.54 Å². The van der Waals surface area contributed by atoms with E-state index in [0.717, 1.165) is 33.6 Å². The van der Waals surface area contributed by atoms with Crippen molar-refractivity contribution in [1.29, 1.82) is 0 Å². The number of halogens is 3. The van der Waals surface area contributed by atoms with Gasteiger partial charge in [0.2, 0.25) is 17.7 Å². The van der Waals surface area contributed by atoms with E-state index in [0.29, 0.717) is 5.02 Å². The molecule has 3 aromatic carbocycles. The fourth-order valence-corrected chi connectivity index (χ4v) is 4.38. The van der Waals surface area contributed by atoms with E-state index < -0.39 is 35.3 Å². The van der Waals surface area contributed by atoms with Gasteiger partial charge in [0, 0.05) is 34.0 Å². The number of hydrogen-bond acceptors (Lipinski definition) is 4. The Kier molecular flexibility index (Phi) is 9.84. The highest BCUT2D eigenvalue weighted by Gasteiger charge is 2.21. The average Bonchev–Trinajstić information content (AvgIpc) is 2.85. The van der Waals surface area contributed by atoms with Crippen LogP contribution in [0.4, 0.5) is 8.78 Å². The first kappa shape index (κ1) is 27.2. The van der Waals surface area contributed by atoms with Gasteiger partial charge in [-0.05, 0) is 54.4 Å². The maximum absolute atomic E-state index is 13.3. The molecule has 0 heterocycles. The lowest BCUT2D eigenvalue weighted by Crippen LogP contribution is -2.43. The fraction of sp³-hybridized carbons (Fsp3) is 0.192. The van der Waals surface area contributed by atoms with Crippen LogP contribution in [0, 0.1) is 17.6 Å². The summed E-state index contributed by atoms with van der Waals surface area (Å²) in [5.41, 5.74) is 1.08. The third-order valence-electron chi connectivity index (χ3n) is 5.08. The van der Waals surface area contributed by atoms with Gasteiger partial charge in [0.1, 0.15) is 17.6 Å². The molecule has 6 nitrogen and oxygen atoms in total. The summed E-state index contributed by atoms with van der Waals surface area (Å²) >= 11 is 7.66. The quantitative estimate of drug-likeness (QED) is 0.337. The molecule has 3 N–H and O–H groups in total. The van der Waals surface area contributed by atoms with Crippen LogP contribution in [0.5, 0.6) is 0 Å². The van der Waals surface area contributed by atoms with Crippen molar-refractivity contribution < 1.29 is 23.2 Å². The zero-order chi connectivity index (χ0) is 26.1. The number of benzene rings is 3. The van der Waals surface area contributed by atoms with E-state index in [-0.39, 0.29) is 25.2 Å². The van der Waals surface area contributed by atoms with Crippen LogP contribution in [0.25, 0.3) is 0 Å². The minimum absolute atomic E-state index is 0.143. The first-order valence-corrected chi connectivity index (χ1v) is 12.2. The summed E-state index contributed by atoms with van der Waals surface area (Å²) < 4.78 is 26.5. The van der Waals surface area contributed by atoms with Crippen molar-refractivity contribution >= 4 is 41.1 Å². The predicted molar refractivity (Wildman–Crippen MR) is 134 cm³/mol. The Morgan fingerprint density at radius 2 is 1.53 bits per heavy atom. The number of carbonyl (C=O) groups excluding carboxylic acids is 3. The standard InChI is InChI=1S/C26H24ClF2N3O3S/c1-16(25(34)31-13-17-9-20(28)12-21(29)10-17)26(35)32-15-24(33)30-14-18-7-8-19(27)11-23(18)36-22-5-3-2-4-6-22/h2-12,16H,13-15H2,1H3,(H,30,33)(H,31,34)(H,32,35). The van der Waals surface area contributed by atoms with E-state index in [9.17, 15) is 23.2 Å². The number of rotatable bonds is 10. The molecule has 3 aromatic rings. The average molecular weight is 532 g/mol. The van der Waals surface area contributed by atoms with Crippen molar-refractivity contribution in [2.45, 2.75) is 29.8 Å². The number of carbonyl (C=O) groups is 3. The largest absolute Gasteiger partial charge is 0.351 e. The van der Waals surface area contributed by atoms with Crippen molar-refractivity contribution in [2.24, 2.45) is 5.92 Å². The van der Waals surface area contributed by atoms with E-state index in [1.807, 2.05) is 42.5 Å². The molecule has 3 amide bonds. The molecular formula is C26H24ClF2N3O3S. The summed E-state index contributed by atoms with van der Waals surface area (Å²) in [6.45, 7) is 1.13. The SMILES string of the molecule is CC(C(=O)NCC(=O)NCc1ccc(Cl)cc1Sc1ccccc1)C(=O)NCc1cc(F)cc(F)c1. The Bertz CT molecular complexity index is 1220. The molecule has 0 spiro atoms. The second-order valence-corrected chi connectivity index (χ2v) is 9.43. The number of hydrogen-bond donors (Lipinski definition) is 3. The van der Waals surface area contributed by atoms with E-state index >= 15 is 0 Å². The Morgan fingerprint density at radius 3 is 2.22 bits per heavy atom. The van der Waals surface area contributed by atoms with Gasteiger partial charge >= 0.3 is 0 Å². The monoisotopic (exact) mass is 531 g/mol. The lowest BCUT2D eigenvalue weighted by Gasteiger charge is -2.14. The highest BCUT2D eigenvalue weighted by molar-refractivity contribution is 7.99. The van der Waals surface area contributed by atoms with E-state index in [4.69, 9.17) is 11.6 Å². The van der Waals surface area contributed by atoms with Gasteiger partial charge in [-0.25, -0.2) is 8.78 Å². The molecule has 0 saturated heterocycles. The zero-order valence-corrected chi connectivity index (χ0v) is 20.9. The minimum atomic E-state index is -1.11. The predicted octanol–water partition coefficient (Wildman–Crippen LogP) is 4.45. The summed E-state index contributed by atoms with van der Waals surface area (Å²) in [4.78, 5) is 38.7. The van der Waals surface area contributed by atoms with Gasteiger partial charge in [-0.15, -0.1) is 0 Å². The summed E-state index contributed by atoms with van der Waals surface area (Å²) in [6.07, 6.45) is 0. The molecule has 1 unspecified atom stereocenters. The lowest BCUT2D eigenvalue weighted by atomic mass is 10.1.